The molecule has 1 aliphatic rings. The van der Waals surface area contributed by atoms with E-state index in [4.69, 9.17) is 4.74 Å². The molecule has 0 aromatic carbocycles. The van der Waals surface area contributed by atoms with Crippen LogP contribution in [0.2, 0.25) is 0 Å². The van der Waals surface area contributed by atoms with Gasteiger partial charge in [0, 0.05) is 19.3 Å². The van der Waals surface area contributed by atoms with Gasteiger partial charge in [-0.05, 0) is 35.8 Å². The number of ether oxygens (including phenoxy) is 1. The van der Waals surface area contributed by atoms with Gasteiger partial charge in [-0.3, -0.25) is 0 Å². The van der Waals surface area contributed by atoms with Crippen LogP contribution in [0.5, 0.6) is 0 Å². The molecule has 0 amide bonds. The number of hydrogen-bond donors (Lipinski definition) is 0. The number of morpholine rings is 1. The molecule has 1 saturated heterocycles. The molecule has 0 radical (unpaired) electrons. The van der Waals surface area contributed by atoms with Gasteiger partial charge in [0.15, 0.2) is 0 Å². The average molecular weight is 272 g/mol. The first-order valence-electron chi connectivity index (χ1n) is 5.04. The summed E-state index contributed by atoms with van der Waals surface area (Å²) in [6, 6.07) is 1.83. The maximum atomic E-state index is 5.66. The molecule has 15 heavy (non-hydrogen) atoms. The van der Waals surface area contributed by atoms with E-state index in [-0.39, 0.29) is 12.2 Å². The molecule has 0 N–H and O–H groups in total. The van der Waals surface area contributed by atoms with Crippen molar-refractivity contribution in [2.24, 2.45) is 0 Å². The van der Waals surface area contributed by atoms with Crippen molar-refractivity contribution in [1.82, 2.24) is 9.97 Å². The Morgan fingerprint density at radius 3 is 2.67 bits per heavy atom. The van der Waals surface area contributed by atoms with Crippen LogP contribution in [0, 0.1) is 0 Å². The fraction of sp³-hybridized carbons (Fsp3) is 0.600. The van der Waals surface area contributed by atoms with E-state index in [0.29, 0.717) is 0 Å². The summed E-state index contributed by atoms with van der Waals surface area (Å²) >= 11 is 3.35. The summed E-state index contributed by atoms with van der Waals surface area (Å²) in [7, 11) is 0. The zero-order chi connectivity index (χ0) is 10.8. The second kappa shape index (κ2) is 4.45. The minimum Gasteiger partial charge on any atom is -0.372 e. The summed E-state index contributed by atoms with van der Waals surface area (Å²) in [4.78, 5) is 10.8. The Morgan fingerprint density at radius 2 is 2.07 bits per heavy atom. The highest BCUT2D eigenvalue weighted by Gasteiger charge is 2.23. The van der Waals surface area contributed by atoms with Gasteiger partial charge in [-0.1, -0.05) is 0 Å². The Hall–Kier alpha value is -0.680. The fourth-order valence-electron chi connectivity index (χ4n) is 1.82. The van der Waals surface area contributed by atoms with E-state index < -0.39 is 0 Å². The Labute approximate surface area is 97.8 Å². The van der Waals surface area contributed by atoms with E-state index in [9.17, 15) is 0 Å². The van der Waals surface area contributed by atoms with Crippen LogP contribution in [0.3, 0.4) is 0 Å². The Kier molecular flexibility index (Phi) is 3.21. The highest BCUT2D eigenvalue weighted by Crippen LogP contribution is 2.17. The van der Waals surface area contributed by atoms with Crippen molar-refractivity contribution in [1.29, 1.82) is 0 Å². The first kappa shape index (κ1) is 10.8. The van der Waals surface area contributed by atoms with Gasteiger partial charge in [0.05, 0.1) is 12.2 Å². The van der Waals surface area contributed by atoms with Gasteiger partial charge in [-0.15, -0.1) is 0 Å². The second-order valence-electron chi connectivity index (χ2n) is 3.84. The molecule has 0 saturated carbocycles. The first-order valence-corrected chi connectivity index (χ1v) is 5.83. The highest BCUT2D eigenvalue weighted by atomic mass is 79.9. The van der Waals surface area contributed by atoms with E-state index in [1.54, 1.807) is 6.20 Å². The minimum absolute atomic E-state index is 0.233. The molecule has 5 heteroatoms. The van der Waals surface area contributed by atoms with Gasteiger partial charge in [0.2, 0.25) is 5.95 Å². The van der Waals surface area contributed by atoms with Crippen LogP contribution in [-0.2, 0) is 4.74 Å². The lowest BCUT2D eigenvalue weighted by atomic mass is 10.2. The Bertz CT molecular complexity index is 337. The molecule has 1 fully saturated rings. The Morgan fingerprint density at radius 1 is 1.40 bits per heavy atom. The number of hydrogen-bond acceptors (Lipinski definition) is 4. The molecule has 82 valence electrons. The van der Waals surface area contributed by atoms with E-state index in [2.05, 4.69) is 44.6 Å². The predicted octanol–water partition coefficient (Wildman–Crippen LogP) is 1.85. The monoisotopic (exact) mass is 271 g/mol. The lowest BCUT2D eigenvalue weighted by molar-refractivity contribution is -0.00572. The Balaban J connectivity index is 2.16. The normalized spacial score (nSPS) is 26.7. The van der Waals surface area contributed by atoms with E-state index in [1.165, 1.54) is 0 Å². The molecule has 0 unspecified atom stereocenters. The standard InChI is InChI=1S/C10H14BrN3O/c1-7-5-14(6-8(2)15-7)10-12-4-3-9(11)13-10/h3-4,7-8H,5-6H2,1-2H3/t7-,8+. The summed E-state index contributed by atoms with van der Waals surface area (Å²) in [6.07, 6.45) is 2.23. The molecule has 1 aromatic rings. The third-order valence-corrected chi connectivity index (χ3v) is 2.75. The maximum absolute atomic E-state index is 5.66. The van der Waals surface area contributed by atoms with Gasteiger partial charge >= 0.3 is 0 Å². The largest absolute Gasteiger partial charge is 0.372 e. The second-order valence-corrected chi connectivity index (χ2v) is 4.65. The molecule has 2 atom stereocenters. The molecular weight excluding hydrogens is 258 g/mol. The zero-order valence-electron chi connectivity index (χ0n) is 8.85. The molecule has 0 bridgehead atoms. The lowest BCUT2D eigenvalue weighted by Crippen LogP contribution is -2.46. The van der Waals surface area contributed by atoms with Crippen LogP contribution >= 0.6 is 15.9 Å². The molecule has 0 spiro atoms. The summed E-state index contributed by atoms with van der Waals surface area (Å²) in [5, 5.41) is 0. The van der Waals surface area contributed by atoms with Crippen LogP contribution in [0.1, 0.15) is 13.8 Å². The average Bonchev–Trinajstić information content (AvgIpc) is 2.16. The maximum Gasteiger partial charge on any atom is 0.226 e. The molecule has 4 nitrogen and oxygen atoms in total. The number of rotatable bonds is 1. The van der Waals surface area contributed by atoms with Gasteiger partial charge in [-0.2, -0.15) is 0 Å². The first-order chi connectivity index (χ1) is 7.15. The van der Waals surface area contributed by atoms with Crippen LogP contribution in [-0.4, -0.2) is 35.3 Å². The van der Waals surface area contributed by atoms with Gasteiger partial charge in [0.1, 0.15) is 4.60 Å². The summed E-state index contributed by atoms with van der Waals surface area (Å²) in [5.74, 6) is 0.770. The van der Waals surface area contributed by atoms with Crippen molar-refractivity contribution in [3.63, 3.8) is 0 Å². The van der Waals surface area contributed by atoms with Gasteiger partial charge in [0.25, 0.3) is 0 Å². The molecule has 2 rings (SSSR count). The third-order valence-electron chi connectivity index (χ3n) is 2.31. The van der Waals surface area contributed by atoms with Crippen LogP contribution in [0.15, 0.2) is 16.9 Å². The lowest BCUT2D eigenvalue weighted by Gasteiger charge is -2.35. The smallest absolute Gasteiger partial charge is 0.226 e. The van der Waals surface area contributed by atoms with Gasteiger partial charge < -0.3 is 9.64 Å². The van der Waals surface area contributed by atoms with Crippen LogP contribution in [0.4, 0.5) is 5.95 Å². The number of halogens is 1. The zero-order valence-corrected chi connectivity index (χ0v) is 10.4. The number of aromatic nitrogens is 2. The summed E-state index contributed by atoms with van der Waals surface area (Å²) in [5.41, 5.74) is 0. The predicted molar refractivity (Wildman–Crippen MR) is 62.0 cm³/mol. The fourth-order valence-corrected chi connectivity index (χ4v) is 2.10. The number of nitrogens with zero attached hydrogens (tertiary/aromatic N) is 3. The highest BCUT2D eigenvalue weighted by molar-refractivity contribution is 9.10. The molecule has 1 aromatic heterocycles. The SMILES string of the molecule is C[C@@H]1CN(c2nccc(Br)n2)C[C@H](C)O1. The topological polar surface area (TPSA) is 38.2 Å². The summed E-state index contributed by atoms with van der Waals surface area (Å²) < 4.78 is 6.48. The van der Waals surface area contributed by atoms with Crippen molar-refractivity contribution >= 4 is 21.9 Å². The van der Waals surface area contributed by atoms with Gasteiger partial charge in [-0.25, -0.2) is 9.97 Å². The van der Waals surface area contributed by atoms with Crippen molar-refractivity contribution in [2.75, 3.05) is 18.0 Å². The van der Waals surface area contributed by atoms with Crippen LogP contribution < -0.4 is 4.90 Å². The molecule has 2 heterocycles. The van der Waals surface area contributed by atoms with E-state index >= 15 is 0 Å². The minimum atomic E-state index is 0.233. The van der Waals surface area contributed by atoms with Crippen LogP contribution in [0.25, 0.3) is 0 Å². The quantitative estimate of drug-likeness (QED) is 0.731. The van der Waals surface area contributed by atoms with Crippen molar-refractivity contribution in [2.45, 2.75) is 26.1 Å². The molecule has 1 aliphatic heterocycles. The van der Waals surface area contributed by atoms with Crippen molar-refractivity contribution in [3.8, 4) is 0 Å². The van der Waals surface area contributed by atoms with E-state index in [0.717, 1.165) is 23.6 Å². The molecule has 0 aliphatic carbocycles. The van der Waals surface area contributed by atoms with E-state index in [1.807, 2.05) is 6.07 Å². The summed E-state index contributed by atoms with van der Waals surface area (Å²) in [6.45, 7) is 5.84. The van der Waals surface area contributed by atoms with Crippen molar-refractivity contribution in [3.05, 3.63) is 16.9 Å². The molecular formula is C10H14BrN3O. The third kappa shape index (κ3) is 2.66. The number of anilines is 1. The van der Waals surface area contributed by atoms with Crippen molar-refractivity contribution < 1.29 is 4.74 Å².